The first-order valence-electron chi connectivity index (χ1n) is 8.75. The largest absolute Gasteiger partial charge is 0.491 e. The minimum Gasteiger partial charge on any atom is -0.491 e. The smallest absolute Gasteiger partial charge is 0.261 e. The maximum absolute atomic E-state index is 12.4. The Kier molecular flexibility index (Phi) is 6.87. The Labute approximate surface area is 150 Å². The van der Waals surface area contributed by atoms with Crippen LogP contribution in [0.4, 0.5) is 0 Å². The van der Waals surface area contributed by atoms with Gasteiger partial charge in [0.25, 0.3) is 5.91 Å². The lowest BCUT2D eigenvalue weighted by atomic mass is 10.2. The molecule has 0 aliphatic heterocycles. The monoisotopic (exact) mass is 341 g/mol. The molecule has 0 aliphatic rings. The summed E-state index contributed by atoms with van der Waals surface area (Å²) in [5, 5.41) is 2.95. The number of amides is 1. The highest BCUT2D eigenvalue weighted by Crippen LogP contribution is 2.19. The first kappa shape index (κ1) is 18.8. The van der Waals surface area contributed by atoms with Crippen molar-refractivity contribution in [2.24, 2.45) is 0 Å². The minimum atomic E-state index is -0.496. The van der Waals surface area contributed by atoms with E-state index in [4.69, 9.17) is 9.47 Å². The first-order chi connectivity index (χ1) is 12.0. The number of carbonyl (C=O) groups excluding carboxylic acids is 1. The molecule has 0 spiro atoms. The third-order valence-corrected chi connectivity index (χ3v) is 3.79. The van der Waals surface area contributed by atoms with Crippen molar-refractivity contribution in [2.45, 2.75) is 52.9 Å². The van der Waals surface area contributed by atoms with Gasteiger partial charge >= 0.3 is 0 Å². The summed E-state index contributed by atoms with van der Waals surface area (Å²) in [4.78, 5) is 12.4. The molecule has 4 nitrogen and oxygen atoms in total. The summed E-state index contributed by atoms with van der Waals surface area (Å²) in [5.74, 6) is 1.48. The van der Waals surface area contributed by atoms with Crippen molar-refractivity contribution in [3.8, 4) is 11.5 Å². The number of aryl methyl sites for hydroxylation is 1. The Hall–Kier alpha value is -2.49. The van der Waals surface area contributed by atoms with Crippen LogP contribution in [0.2, 0.25) is 0 Å². The molecular formula is C21H27NO3. The number of para-hydroxylation sites is 1. The van der Waals surface area contributed by atoms with Crippen molar-refractivity contribution in [1.29, 1.82) is 0 Å². The van der Waals surface area contributed by atoms with Gasteiger partial charge in [0, 0.05) is 6.54 Å². The van der Waals surface area contributed by atoms with Crippen molar-refractivity contribution in [1.82, 2.24) is 5.32 Å². The second kappa shape index (κ2) is 9.11. The van der Waals surface area contributed by atoms with Crippen LogP contribution in [0, 0.1) is 6.92 Å². The molecule has 2 rings (SSSR count). The van der Waals surface area contributed by atoms with Gasteiger partial charge in [-0.05, 0) is 56.5 Å². The average molecular weight is 341 g/mol. The van der Waals surface area contributed by atoms with E-state index in [1.807, 2.05) is 76.2 Å². The van der Waals surface area contributed by atoms with E-state index in [2.05, 4.69) is 5.32 Å². The molecule has 25 heavy (non-hydrogen) atoms. The van der Waals surface area contributed by atoms with Crippen molar-refractivity contribution < 1.29 is 14.3 Å². The van der Waals surface area contributed by atoms with E-state index < -0.39 is 6.10 Å². The van der Waals surface area contributed by atoms with Gasteiger partial charge in [-0.1, -0.05) is 37.3 Å². The van der Waals surface area contributed by atoms with Crippen LogP contribution in [0.3, 0.4) is 0 Å². The molecule has 2 aromatic carbocycles. The van der Waals surface area contributed by atoms with E-state index in [1.54, 1.807) is 0 Å². The SMILES string of the molecule is CC[C@H](Oc1ccccc1C)C(=O)NCc1ccc(OC(C)C)cc1. The zero-order valence-electron chi connectivity index (χ0n) is 15.4. The molecule has 0 heterocycles. The predicted molar refractivity (Wildman–Crippen MR) is 99.9 cm³/mol. The third-order valence-electron chi connectivity index (χ3n) is 3.79. The summed E-state index contributed by atoms with van der Waals surface area (Å²) >= 11 is 0. The van der Waals surface area contributed by atoms with Crippen LogP contribution in [-0.2, 0) is 11.3 Å². The molecule has 0 saturated carbocycles. The zero-order chi connectivity index (χ0) is 18.2. The molecule has 1 N–H and O–H groups in total. The lowest BCUT2D eigenvalue weighted by Gasteiger charge is -2.18. The summed E-state index contributed by atoms with van der Waals surface area (Å²) in [6.07, 6.45) is 0.264. The van der Waals surface area contributed by atoms with Crippen LogP contribution >= 0.6 is 0 Å². The van der Waals surface area contributed by atoms with Gasteiger partial charge in [-0.25, -0.2) is 0 Å². The Bertz CT molecular complexity index is 680. The number of benzene rings is 2. The second-order valence-corrected chi connectivity index (χ2v) is 6.31. The predicted octanol–water partition coefficient (Wildman–Crippen LogP) is 4.26. The standard InChI is InChI=1S/C21H27NO3/c1-5-19(25-20-9-7-6-8-16(20)4)21(23)22-14-17-10-12-18(13-11-17)24-15(2)3/h6-13,15,19H,5,14H2,1-4H3,(H,22,23)/t19-/m0/s1. The molecule has 2 aromatic rings. The summed E-state index contributed by atoms with van der Waals surface area (Å²) in [7, 11) is 0. The quantitative estimate of drug-likeness (QED) is 0.780. The lowest BCUT2D eigenvalue weighted by Crippen LogP contribution is -2.37. The van der Waals surface area contributed by atoms with E-state index in [9.17, 15) is 4.79 Å². The van der Waals surface area contributed by atoms with Crippen molar-refractivity contribution in [3.63, 3.8) is 0 Å². The Morgan fingerprint density at radius 1 is 1.04 bits per heavy atom. The van der Waals surface area contributed by atoms with Gasteiger partial charge in [0.2, 0.25) is 0 Å². The van der Waals surface area contributed by atoms with E-state index >= 15 is 0 Å². The third kappa shape index (κ3) is 5.82. The van der Waals surface area contributed by atoms with E-state index in [-0.39, 0.29) is 12.0 Å². The second-order valence-electron chi connectivity index (χ2n) is 6.31. The van der Waals surface area contributed by atoms with E-state index in [1.165, 1.54) is 0 Å². The molecule has 1 amide bonds. The Morgan fingerprint density at radius 3 is 2.32 bits per heavy atom. The highest BCUT2D eigenvalue weighted by molar-refractivity contribution is 5.81. The maximum atomic E-state index is 12.4. The molecule has 134 valence electrons. The van der Waals surface area contributed by atoms with Gasteiger partial charge in [-0.3, -0.25) is 4.79 Å². The fourth-order valence-electron chi connectivity index (χ4n) is 2.43. The van der Waals surface area contributed by atoms with Gasteiger partial charge in [-0.15, -0.1) is 0 Å². The average Bonchev–Trinajstić information content (AvgIpc) is 2.59. The van der Waals surface area contributed by atoms with Gasteiger partial charge < -0.3 is 14.8 Å². The highest BCUT2D eigenvalue weighted by atomic mass is 16.5. The van der Waals surface area contributed by atoms with Gasteiger partial charge in [0.15, 0.2) is 6.10 Å². The molecule has 0 radical (unpaired) electrons. The zero-order valence-corrected chi connectivity index (χ0v) is 15.4. The maximum Gasteiger partial charge on any atom is 0.261 e. The summed E-state index contributed by atoms with van der Waals surface area (Å²) in [6, 6.07) is 15.5. The molecule has 0 bridgehead atoms. The van der Waals surface area contributed by atoms with Crippen molar-refractivity contribution >= 4 is 5.91 Å². The van der Waals surface area contributed by atoms with Gasteiger partial charge in [0.05, 0.1) is 6.10 Å². The van der Waals surface area contributed by atoms with E-state index in [0.29, 0.717) is 13.0 Å². The van der Waals surface area contributed by atoms with Crippen LogP contribution in [0.5, 0.6) is 11.5 Å². The molecule has 0 fully saturated rings. The number of carbonyl (C=O) groups is 1. The fourth-order valence-corrected chi connectivity index (χ4v) is 2.43. The number of hydrogen-bond acceptors (Lipinski definition) is 3. The minimum absolute atomic E-state index is 0.103. The molecule has 0 aromatic heterocycles. The molecule has 1 atom stereocenters. The number of hydrogen-bond donors (Lipinski definition) is 1. The van der Waals surface area contributed by atoms with Crippen LogP contribution in [-0.4, -0.2) is 18.1 Å². The van der Waals surface area contributed by atoms with Crippen LogP contribution in [0.15, 0.2) is 48.5 Å². The molecule has 0 aliphatic carbocycles. The number of nitrogens with one attached hydrogen (secondary N) is 1. The van der Waals surface area contributed by atoms with E-state index in [0.717, 1.165) is 22.6 Å². The normalized spacial score (nSPS) is 11.9. The first-order valence-corrected chi connectivity index (χ1v) is 8.75. The Morgan fingerprint density at radius 2 is 1.72 bits per heavy atom. The topological polar surface area (TPSA) is 47.6 Å². The number of ether oxygens (including phenoxy) is 2. The van der Waals surface area contributed by atoms with Crippen molar-refractivity contribution in [3.05, 3.63) is 59.7 Å². The fraction of sp³-hybridized carbons (Fsp3) is 0.381. The summed E-state index contributed by atoms with van der Waals surface area (Å²) in [6.45, 7) is 8.37. The van der Waals surface area contributed by atoms with Crippen LogP contribution in [0.1, 0.15) is 38.3 Å². The van der Waals surface area contributed by atoms with Crippen LogP contribution in [0.25, 0.3) is 0 Å². The molecule has 4 heteroatoms. The van der Waals surface area contributed by atoms with Gasteiger partial charge in [0.1, 0.15) is 11.5 Å². The summed E-state index contributed by atoms with van der Waals surface area (Å²) in [5.41, 5.74) is 2.05. The summed E-state index contributed by atoms with van der Waals surface area (Å²) < 4.78 is 11.5. The lowest BCUT2D eigenvalue weighted by molar-refractivity contribution is -0.128. The Balaban J connectivity index is 1.90. The highest BCUT2D eigenvalue weighted by Gasteiger charge is 2.18. The van der Waals surface area contributed by atoms with Gasteiger partial charge in [-0.2, -0.15) is 0 Å². The molecule has 0 saturated heterocycles. The van der Waals surface area contributed by atoms with Crippen LogP contribution < -0.4 is 14.8 Å². The molecule has 0 unspecified atom stereocenters. The number of rotatable bonds is 8. The molecular weight excluding hydrogens is 314 g/mol. The van der Waals surface area contributed by atoms with Crippen molar-refractivity contribution in [2.75, 3.05) is 0 Å².